The topological polar surface area (TPSA) is 35.9 Å². The number of para-hydroxylation sites is 1. The minimum absolute atomic E-state index is 0.0210. The molecule has 1 saturated heterocycles. The van der Waals surface area contributed by atoms with E-state index in [0.29, 0.717) is 6.54 Å². The zero-order chi connectivity index (χ0) is 23.8. The van der Waals surface area contributed by atoms with Gasteiger partial charge in [0, 0.05) is 18.5 Å². The number of thioether (sulfide) groups is 2. The summed E-state index contributed by atoms with van der Waals surface area (Å²) < 4.78 is 0. The number of aliphatic imine (C=N–C) groups is 1. The fraction of sp³-hybridized carbons (Fsp3) is 0.103. The average molecular weight is 494 g/mol. The van der Waals surface area contributed by atoms with Crippen LogP contribution in [0.5, 0.6) is 0 Å². The van der Waals surface area contributed by atoms with Crippen LogP contribution in [0.1, 0.15) is 5.56 Å². The Morgan fingerprint density at radius 2 is 1.54 bits per heavy atom. The summed E-state index contributed by atoms with van der Waals surface area (Å²) in [5.41, 5.74) is 3.19. The predicted octanol–water partition coefficient (Wildman–Crippen LogP) is 7.06. The summed E-state index contributed by atoms with van der Waals surface area (Å²) >= 11 is 3.13. The number of carbonyl (C=O) groups excluding carboxylic acids is 1. The molecule has 0 spiro atoms. The van der Waals surface area contributed by atoms with E-state index in [4.69, 9.17) is 4.99 Å². The molecule has 1 fully saturated rings. The van der Waals surface area contributed by atoms with Crippen LogP contribution in [0.15, 0.2) is 117 Å². The monoisotopic (exact) mass is 493 g/mol. The lowest BCUT2D eigenvalue weighted by molar-refractivity contribution is -0.122. The molecule has 6 rings (SSSR count). The highest BCUT2D eigenvalue weighted by Gasteiger charge is 2.38. The van der Waals surface area contributed by atoms with E-state index in [1.165, 1.54) is 27.6 Å². The smallest absolute Gasteiger partial charge is 0.269 e. The van der Waals surface area contributed by atoms with Gasteiger partial charge in [-0.15, -0.1) is 0 Å². The van der Waals surface area contributed by atoms with E-state index in [1.54, 1.807) is 11.8 Å². The van der Waals surface area contributed by atoms with Crippen molar-refractivity contribution < 1.29 is 4.79 Å². The van der Waals surface area contributed by atoms with Crippen LogP contribution in [-0.2, 0) is 11.2 Å². The third-order valence-electron chi connectivity index (χ3n) is 6.22. The average Bonchev–Trinajstić information content (AvgIpc) is 3.39. The van der Waals surface area contributed by atoms with Gasteiger partial charge in [0.05, 0.1) is 16.4 Å². The summed E-state index contributed by atoms with van der Waals surface area (Å²) in [5.74, 6) is 0.0210. The van der Waals surface area contributed by atoms with Crippen LogP contribution in [0.3, 0.4) is 0 Å². The summed E-state index contributed by atoms with van der Waals surface area (Å²) in [6.45, 7) is 0.584. The number of carbonyl (C=O) groups is 1. The minimum Gasteiger partial charge on any atom is -0.337 e. The molecule has 0 saturated carbocycles. The standard InChI is InChI=1S/C29H23N3OS2/c1-31-24-13-7-8-14-25(24)34-28(31)26-27(33)32(18-17-20-9-3-2-4-10-20)29(35-26)30-23-16-15-21-11-5-6-12-22(21)19-23/h2-16,19H,17-18H2,1H3/b28-26-,30-29?. The van der Waals surface area contributed by atoms with Gasteiger partial charge < -0.3 is 4.90 Å². The van der Waals surface area contributed by atoms with Crippen LogP contribution in [0, 0.1) is 0 Å². The Kier molecular flexibility index (Phi) is 5.84. The number of hydrogen-bond acceptors (Lipinski definition) is 5. The molecule has 0 unspecified atom stereocenters. The van der Waals surface area contributed by atoms with E-state index in [9.17, 15) is 4.79 Å². The van der Waals surface area contributed by atoms with Crippen molar-refractivity contribution in [1.29, 1.82) is 0 Å². The first-order chi connectivity index (χ1) is 17.2. The molecule has 0 atom stereocenters. The van der Waals surface area contributed by atoms with Crippen LogP contribution in [0.4, 0.5) is 11.4 Å². The van der Waals surface area contributed by atoms with Gasteiger partial charge in [0.15, 0.2) is 5.17 Å². The summed E-state index contributed by atoms with van der Waals surface area (Å²) in [6, 6.07) is 33.0. The molecule has 2 heterocycles. The fourth-order valence-corrected chi connectivity index (χ4v) is 6.73. The van der Waals surface area contributed by atoms with Gasteiger partial charge in [0.2, 0.25) is 0 Å². The Bertz CT molecular complexity index is 1500. The predicted molar refractivity (Wildman–Crippen MR) is 148 cm³/mol. The fourth-order valence-electron chi connectivity index (χ4n) is 4.36. The quantitative estimate of drug-likeness (QED) is 0.285. The van der Waals surface area contributed by atoms with Crippen LogP contribution in [-0.4, -0.2) is 29.6 Å². The van der Waals surface area contributed by atoms with E-state index < -0.39 is 0 Å². The summed E-state index contributed by atoms with van der Waals surface area (Å²) in [7, 11) is 2.03. The molecular formula is C29H23N3OS2. The highest BCUT2D eigenvalue weighted by molar-refractivity contribution is 8.19. The Morgan fingerprint density at radius 1 is 0.800 bits per heavy atom. The Hall–Kier alpha value is -3.48. The number of anilines is 1. The number of fused-ring (bicyclic) bond motifs is 2. The zero-order valence-electron chi connectivity index (χ0n) is 19.2. The highest BCUT2D eigenvalue weighted by atomic mass is 32.2. The molecule has 6 heteroatoms. The second kappa shape index (κ2) is 9.29. The first kappa shape index (κ1) is 22.0. The molecule has 0 bridgehead atoms. The summed E-state index contributed by atoms with van der Waals surface area (Å²) in [6.07, 6.45) is 0.774. The maximum absolute atomic E-state index is 13.7. The van der Waals surface area contributed by atoms with Gasteiger partial charge in [-0.05, 0) is 58.8 Å². The van der Waals surface area contributed by atoms with Gasteiger partial charge in [-0.2, -0.15) is 0 Å². The molecule has 0 radical (unpaired) electrons. The second-order valence-corrected chi connectivity index (χ2v) is 10.5. The van der Waals surface area contributed by atoms with Gasteiger partial charge in [-0.1, -0.05) is 84.6 Å². The molecule has 35 heavy (non-hydrogen) atoms. The first-order valence-corrected chi connectivity index (χ1v) is 13.2. The van der Waals surface area contributed by atoms with Crippen molar-refractivity contribution in [3.05, 3.63) is 113 Å². The normalized spacial score (nSPS) is 18.7. The molecular weight excluding hydrogens is 470 g/mol. The Labute approximate surface area is 213 Å². The van der Waals surface area contributed by atoms with Crippen LogP contribution in [0.25, 0.3) is 10.8 Å². The van der Waals surface area contributed by atoms with Crippen LogP contribution in [0.2, 0.25) is 0 Å². The molecule has 4 nitrogen and oxygen atoms in total. The third kappa shape index (κ3) is 4.24. The SMILES string of the molecule is CN1/C(=C2/SC(=Nc3ccc4ccccc4c3)N(CCc3ccccc3)C2=O)Sc2ccccc21. The lowest BCUT2D eigenvalue weighted by Gasteiger charge is -2.17. The van der Waals surface area contributed by atoms with E-state index >= 15 is 0 Å². The van der Waals surface area contributed by atoms with Gasteiger partial charge in [0.1, 0.15) is 4.91 Å². The number of benzene rings is 4. The molecule has 4 aromatic rings. The number of amides is 1. The van der Waals surface area contributed by atoms with Crippen LogP contribution < -0.4 is 4.90 Å². The summed E-state index contributed by atoms with van der Waals surface area (Å²) in [4.78, 5) is 24.6. The largest absolute Gasteiger partial charge is 0.337 e. The maximum Gasteiger partial charge on any atom is 0.269 e. The van der Waals surface area contributed by atoms with Gasteiger partial charge in [0.25, 0.3) is 5.91 Å². The van der Waals surface area contributed by atoms with Crippen molar-refractivity contribution in [2.75, 3.05) is 18.5 Å². The summed E-state index contributed by atoms with van der Waals surface area (Å²) in [5, 5.41) is 4.01. The third-order valence-corrected chi connectivity index (χ3v) is 8.65. The van der Waals surface area contributed by atoms with Gasteiger partial charge in [-0.25, -0.2) is 4.99 Å². The maximum atomic E-state index is 13.7. The van der Waals surface area contributed by atoms with Gasteiger partial charge in [-0.3, -0.25) is 9.69 Å². The molecule has 2 aliphatic heterocycles. The Morgan fingerprint density at radius 3 is 2.37 bits per heavy atom. The van der Waals surface area contributed by atoms with E-state index in [2.05, 4.69) is 53.4 Å². The molecule has 0 N–H and O–H groups in total. The van der Waals surface area contributed by atoms with Crippen molar-refractivity contribution >= 4 is 56.7 Å². The lowest BCUT2D eigenvalue weighted by Crippen LogP contribution is -2.31. The lowest BCUT2D eigenvalue weighted by atomic mass is 10.1. The number of rotatable bonds is 4. The van der Waals surface area contributed by atoms with Crippen molar-refractivity contribution in [2.45, 2.75) is 11.3 Å². The first-order valence-electron chi connectivity index (χ1n) is 11.5. The van der Waals surface area contributed by atoms with E-state index in [-0.39, 0.29) is 5.91 Å². The number of amidine groups is 1. The second-order valence-electron chi connectivity index (χ2n) is 8.48. The molecule has 172 valence electrons. The molecule has 0 aromatic heterocycles. The van der Waals surface area contributed by atoms with E-state index in [0.717, 1.165) is 38.3 Å². The number of hydrogen-bond donors (Lipinski definition) is 0. The Balaban J connectivity index is 1.38. The number of nitrogens with zero attached hydrogens (tertiary/aromatic N) is 3. The van der Waals surface area contributed by atoms with Crippen molar-refractivity contribution in [1.82, 2.24) is 4.90 Å². The molecule has 1 amide bonds. The minimum atomic E-state index is 0.0210. The molecule has 2 aliphatic rings. The highest BCUT2D eigenvalue weighted by Crippen LogP contribution is 2.50. The van der Waals surface area contributed by atoms with Crippen molar-refractivity contribution in [3.8, 4) is 0 Å². The van der Waals surface area contributed by atoms with Gasteiger partial charge >= 0.3 is 0 Å². The molecule has 0 aliphatic carbocycles. The van der Waals surface area contributed by atoms with Crippen molar-refractivity contribution in [2.24, 2.45) is 4.99 Å². The van der Waals surface area contributed by atoms with E-state index in [1.807, 2.05) is 60.5 Å². The van der Waals surface area contributed by atoms with Crippen molar-refractivity contribution in [3.63, 3.8) is 0 Å². The zero-order valence-corrected chi connectivity index (χ0v) is 20.9. The molecule has 4 aromatic carbocycles. The van der Waals surface area contributed by atoms with Crippen LogP contribution >= 0.6 is 23.5 Å².